The molecule has 1 heterocycles. The highest BCUT2D eigenvalue weighted by molar-refractivity contribution is 5.98. The van der Waals surface area contributed by atoms with Crippen molar-refractivity contribution in [1.82, 2.24) is 9.88 Å². The Morgan fingerprint density at radius 3 is 2.59 bits per heavy atom. The van der Waals surface area contributed by atoms with Crippen molar-refractivity contribution in [3.05, 3.63) is 98.9 Å². The summed E-state index contributed by atoms with van der Waals surface area (Å²) in [6, 6.07) is 18.3. The Bertz CT molecular complexity index is 1180. The summed E-state index contributed by atoms with van der Waals surface area (Å²) in [6.07, 6.45) is 5.98. The van der Waals surface area contributed by atoms with Crippen molar-refractivity contribution >= 4 is 17.8 Å². The lowest BCUT2D eigenvalue weighted by atomic mass is 9.99. The van der Waals surface area contributed by atoms with Gasteiger partial charge in [-0.05, 0) is 30.0 Å². The van der Waals surface area contributed by atoms with Gasteiger partial charge in [0.15, 0.2) is 0 Å². The molecule has 0 saturated heterocycles. The fourth-order valence-corrected chi connectivity index (χ4v) is 4.62. The molecule has 4 rings (SSSR count). The first-order valence-corrected chi connectivity index (χ1v) is 11.4. The minimum Gasteiger partial charge on any atom is -0.399 e. The molecule has 1 aliphatic carbocycles. The van der Waals surface area contributed by atoms with Gasteiger partial charge in [-0.3, -0.25) is 14.9 Å². The molecular formula is C26H28N4O4. The summed E-state index contributed by atoms with van der Waals surface area (Å²) in [5.74, 6) is 0.0826. The third-order valence-electron chi connectivity index (χ3n) is 6.21. The van der Waals surface area contributed by atoms with Gasteiger partial charge in [0, 0.05) is 36.8 Å². The van der Waals surface area contributed by atoms with E-state index in [1.807, 2.05) is 24.3 Å². The zero-order valence-electron chi connectivity index (χ0n) is 19.1. The quantitative estimate of drug-likeness (QED) is 0.276. The summed E-state index contributed by atoms with van der Waals surface area (Å²) in [4.78, 5) is 28.9. The van der Waals surface area contributed by atoms with Crippen molar-refractivity contribution in [1.29, 1.82) is 0 Å². The molecule has 0 aliphatic heterocycles. The second kappa shape index (κ2) is 10.8. The lowest BCUT2D eigenvalue weighted by molar-refractivity contribution is -0.384. The Balaban J connectivity index is 1.67. The van der Waals surface area contributed by atoms with Gasteiger partial charge in [-0.2, -0.15) is 0 Å². The average molecular weight is 461 g/mol. The number of nitrogens with one attached hydrogen (secondary N) is 1. The number of hydrogen-bond acceptors (Lipinski definition) is 5. The summed E-state index contributed by atoms with van der Waals surface area (Å²) in [6.45, 7) is 0.825. The summed E-state index contributed by atoms with van der Waals surface area (Å²) in [7, 11) is 1.49. The average Bonchev–Trinajstić information content (AvgIpc) is 3.50. The van der Waals surface area contributed by atoms with Crippen LogP contribution in [0.4, 0.5) is 5.69 Å². The lowest BCUT2D eigenvalue weighted by Crippen LogP contribution is -2.24. The molecule has 0 spiro atoms. The highest BCUT2D eigenvalue weighted by atomic mass is 16.6. The van der Waals surface area contributed by atoms with Crippen LogP contribution in [0.15, 0.2) is 65.8 Å². The number of rotatable bonds is 9. The maximum atomic E-state index is 13.4. The van der Waals surface area contributed by atoms with E-state index in [2.05, 4.69) is 27.2 Å². The molecule has 34 heavy (non-hydrogen) atoms. The van der Waals surface area contributed by atoms with Gasteiger partial charge >= 0.3 is 0 Å². The molecule has 0 unspecified atom stereocenters. The van der Waals surface area contributed by atoms with Crippen molar-refractivity contribution < 1.29 is 14.6 Å². The molecule has 176 valence electrons. The molecule has 8 heteroatoms. The number of nitrogens with zero attached hydrogens (tertiary/aromatic N) is 3. The fourth-order valence-electron chi connectivity index (χ4n) is 4.62. The zero-order valence-corrected chi connectivity index (χ0v) is 19.1. The number of carbonyl (C=O) groups excluding carboxylic acids is 1. The highest BCUT2D eigenvalue weighted by Crippen LogP contribution is 2.37. The fraction of sp³-hybridized carbons (Fsp3) is 0.308. The molecule has 0 bridgehead atoms. The Labute approximate surface area is 198 Å². The van der Waals surface area contributed by atoms with Crippen LogP contribution in [0.5, 0.6) is 0 Å². The van der Waals surface area contributed by atoms with E-state index in [-0.39, 0.29) is 24.1 Å². The minimum atomic E-state index is -0.436. The van der Waals surface area contributed by atoms with Crippen molar-refractivity contribution in [3.63, 3.8) is 0 Å². The largest absolute Gasteiger partial charge is 0.399 e. The normalized spacial score (nSPS) is 13.9. The van der Waals surface area contributed by atoms with Crippen LogP contribution < -0.4 is 5.32 Å². The van der Waals surface area contributed by atoms with Gasteiger partial charge in [-0.25, -0.2) is 0 Å². The van der Waals surface area contributed by atoms with Crippen molar-refractivity contribution in [2.75, 3.05) is 7.11 Å². The summed E-state index contributed by atoms with van der Waals surface area (Å²) in [5.41, 5.74) is 4.24. The van der Waals surface area contributed by atoms with Crippen molar-refractivity contribution in [2.45, 2.75) is 44.7 Å². The maximum Gasteiger partial charge on any atom is 0.269 e. The number of nitro benzene ring substituents is 1. The van der Waals surface area contributed by atoms with E-state index in [1.54, 1.807) is 18.3 Å². The minimum absolute atomic E-state index is 0.00507. The lowest BCUT2D eigenvalue weighted by Gasteiger charge is -2.18. The number of nitro groups is 1. The van der Waals surface area contributed by atoms with Crippen LogP contribution in [-0.4, -0.2) is 28.7 Å². The predicted octanol–water partition coefficient (Wildman–Crippen LogP) is 5.01. The first kappa shape index (κ1) is 23.2. The second-order valence-corrected chi connectivity index (χ2v) is 8.45. The molecule has 0 radical (unpaired) electrons. The van der Waals surface area contributed by atoms with Gasteiger partial charge in [0.05, 0.1) is 22.4 Å². The van der Waals surface area contributed by atoms with E-state index >= 15 is 0 Å². The zero-order chi connectivity index (χ0) is 23.9. The smallest absolute Gasteiger partial charge is 0.269 e. The highest BCUT2D eigenvalue weighted by Gasteiger charge is 2.28. The van der Waals surface area contributed by atoms with Crippen LogP contribution in [0.1, 0.15) is 64.5 Å². The SMILES string of the molecule is CO/N=C/c1cc(C(=O)NCc2cccc([N+](=O)[O-])c2)c(C2CCCC2)n1Cc1ccccc1. The topological polar surface area (TPSA) is 98.8 Å². The third-order valence-corrected chi connectivity index (χ3v) is 6.21. The van der Waals surface area contributed by atoms with Crippen molar-refractivity contribution in [3.8, 4) is 0 Å². The molecule has 1 amide bonds. The van der Waals surface area contributed by atoms with Gasteiger partial charge in [0.1, 0.15) is 7.11 Å². The van der Waals surface area contributed by atoms with Crippen molar-refractivity contribution in [2.24, 2.45) is 5.16 Å². The Kier molecular flexibility index (Phi) is 7.37. The van der Waals surface area contributed by atoms with Gasteiger partial charge in [0.2, 0.25) is 0 Å². The second-order valence-electron chi connectivity index (χ2n) is 8.45. The predicted molar refractivity (Wildman–Crippen MR) is 130 cm³/mol. The number of oxime groups is 1. The van der Waals surface area contributed by atoms with Gasteiger partial charge in [0.25, 0.3) is 11.6 Å². The van der Waals surface area contributed by atoms with Gasteiger partial charge in [-0.1, -0.05) is 60.5 Å². The number of non-ortho nitro benzene ring substituents is 1. The molecule has 8 nitrogen and oxygen atoms in total. The third kappa shape index (κ3) is 5.33. The molecule has 1 aliphatic rings. The standard InChI is InChI=1S/C26H28N4O4/c1-34-28-17-23-15-24(26(31)27-16-20-10-7-13-22(14-20)30(32)33)25(21-11-5-6-12-21)29(23)18-19-8-3-2-4-9-19/h2-4,7-10,13-15,17,21H,5-6,11-12,16,18H2,1H3,(H,27,31)/b28-17+. The molecule has 2 aromatic carbocycles. The summed E-state index contributed by atoms with van der Waals surface area (Å²) in [5, 5.41) is 18.0. The Morgan fingerprint density at radius 2 is 1.88 bits per heavy atom. The van der Waals surface area contributed by atoms with Crippen LogP contribution in [-0.2, 0) is 17.9 Å². The van der Waals surface area contributed by atoms with Crippen LogP contribution >= 0.6 is 0 Å². The first-order valence-electron chi connectivity index (χ1n) is 11.4. The number of hydrogen-bond donors (Lipinski definition) is 1. The molecule has 1 aromatic heterocycles. The monoisotopic (exact) mass is 460 g/mol. The van der Waals surface area contributed by atoms with Crippen LogP contribution in [0.3, 0.4) is 0 Å². The van der Waals surface area contributed by atoms with Crippen LogP contribution in [0, 0.1) is 10.1 Å². The maximum absolute atomic E-state index is 13.4. The summed E-state index contributed by atoms with van der Waals surface area (Å²) >= 11 is 0. The Hall–Kier alpha value is -3.94. The van der Waals surface area contributed by atoms with Gasteiger partial charge < -0.3 is 14.7 Å². The number of amides is 1. The van der Waals surface area contributed by atoms with E-state index in [9.17, 15) is 14.9 Å². The van der Waals surface area contributed by atoms with E-state index in [1.165, 1.54) is 19.2 Å². The van der Waals surface area contributed by atoms with E-state index < -0.39 is 4.92 Å². The van der Waals surface area contributed by atoms with Crippen LogP contribution in [0.25, 0.3) is 0 Å². The molecular weight excluding hydrogens is 432 g/mol. The van der Waals surface area contributed by atoms with E-state index in [4.69, 9.17) is 4.84 Å². The number of benzene rings is 2. The van der Waals surface area contributed by atoms with Gasteiger partial charge in [-0.15, -0.1) is 0 Å². The Morgan fingerprint density at radius 1 is 1.15 bits per heavy atom. The molecule has 1 N–H and O–H groups in total. The van der Waals surface area contributed by atoms with E-state index in [0.717, 1.165) is 42.6 Å². The molecule has 1 fully saturated rings. The summed E-state index contributed by atoms with van der Waals surface area (Å²) < 4.78 is 2.16. The molecule has 3 aromatic rings. The van der Waals surface area contributed by atoms with Crippen LogP contribution in [0.2, 0.25) is 0 Å². The first-order chi connectivity index (χ1) is 16.6. The molecule has 0 atom stereocenters. The molecule has 1 saturated carbocycles. The number of aromatic nitrogens is 1. The van der Waals surface area contributed by atoms with E-state index in [0.29, 0.717) is 17.7 Å². The number of carbonyl (C=O) groups is 1.